The van der Waals surface area contributed by atoms with E-state index >= 15 is 0 Å². The van der Waals surface area contributed by atoms with Crippen molar-refractivity contribution >= 4 is 5.71 Å². The van der Waals surface area contributed by atoms with Crippen molar-refractivity contribution in [2.24, 2.45) is 4.99 Å². The van der Waals surface area contributed by atoms with Crippen LogP contribution in [0.4, 0.5) is 0 Å². The van der Waals surface area contributed by atoms with Crippen LogP contribution in [0.1, 0.15) is 47.0 Å². The normalized spacial score (nSPS) is 16.2. The molecular weight excluding hydrogens is 289 g/mol. The van der Waals surface area contributed by atoms with E-state index in [4.69, 9.17) is 0 Å². The van der Waals surface area contributed by atoms with Gasteiger partial charge in [0.25, 0.3) is 0 Å². The minimum atomic E-state index is -0.648. The molecule has 1 unspecified atom stereocenters. The van der Waals surface area contributed by atoms with E-state index in [2.05, 4.69) is 11.9 Å². The van der Waals surface area contributed by atoms with Gasteiger partial charge in [-0.2, -0.15) is 0 Å². The second kappa shape index (κ2) is 8.16. The maximum absolute atomic E-state index is 10.1. The molecule has 1 N–H and O–H groups in total. The molecule has 0 rings (SSSR count). The van der Waals surface area contributed by atoms with Crippen LogP contribution in [0, 0.1) is 35.6 Å². The number of aliphatic imine (C=N–C) groups is 1. The van der Waals surface area contributed by atoms with Gasteiger partial charge in [0, 0.05) is 47.9 Å². The second-order valence-corrected chi connectivity index (χ2v) is 3.19. The molecule has 3 heteroatoms. The molecule has 0 fully saturated rings. The Balaban J connectivity index is 0. The maximum Gasteiger partial charge on any atom is 0.102 e. The second-order valence-electron chi connectivity index (χ2n) is 3.19. The first-order chi connectivity index (χ1) is 5.60. The van der Waals surface area contributed by atoms with Gasteiger partial charge < -0.3 is 5.11 Å². The first-order valence-electron chi connectivity index (χ1n) is 4.84. The molecule has 1 radical (unpaired) electrons. The van der Waals surface area contributed by atoms with Crippen molar-refractivity contribution in [2.45, 2.75) is 52.6 Å². The van der Waals surface area contributed by atoms with Crippen LogP contribution in [-0.4, -0.2) is 23.0 Å². The van der Waals surface area contributed by atoms with Crippen molar-refractivity contribution < 1.29 is 40.7 Å². The predicted octanol–water partition coefficient (Wildman–Crippen LogP) is 2.41. The van der Waals surface area contributed by atoms with Crippen LogP contribution in [0.25, 0.3) is 0 Å². The molecule has 0 bridgehead atoms. The molecule has 0 saturated carbocycles. The van der Waals surface area contributed by atoms with E-state index < -0.39 is 5.60 Å². The number of aliphatic hydroxyl groups is 1. The summed E-state index contributed by atoms with van der Waals surface area (Å²) in [5.41, 5.74) is 0.236. The first kappa shape index (κ1) is 16.3. The third kappa shape index (κ3) is 5.31. The van der Waals surface area contributed by atoms with E-state index in [1.165, 1.54) is 0 Å². The Morgan fingerprint density at radius 2 is 1.85 bits per heavy atom. The van der Waals surface area contributed by atoms with Gasteiger partial charge in [-0.05, 0) is 26.7 Å². The van der Waals surface area contributed by atoms with Crippen LogP contribution >= 0.6 is 0 Å². The van der Waals surface area contributed by atoms with E-state index in [0.717, 1.165) is 31.5 Å². The first-order valence-corrected chi connectivity index (χ1v) is 4.84. The summed E-state index contributed by atoms with van der Waals surface area (Å²) in [6.07, 6.45) is 2.58. The van der Waals surface area contributed by atoms with Crippen molar-refractivity contribution in [2.75, 3.05) is 6.54 Å². The van der Waals surface area contributed by atoms with Crippen LogP contribution in [0.5, 0.6) is 0 Å². The van der Waals surface area contributed by atoms with Crippen LogP contribution in [0.3, 0.4) is 0 Å². The molecule has 0 aromatic carbocycles. The molecule has 0 aliphatic carbocycles. The smallest absolute Gasteiger partial charge is 0.102 e. The summed E-state index contributed by atoms with van der Waals surface area (Å²) in [5.74, 6) is 0. The van der Waals surface area contributed by atoms with Crippen LogP contribution in [-0.2, 0) is 0 Å². The molecule has 0 aliphatic rings. The molecule has 0 aromatic heterocycles. The molecule has 13 heavy (non-hydrogen) atoms. The summed E-state index contributed by atoms with van der Waals surface area (Å²) in [4.78, 5) is 4.25. The summed E-state index contributed by atoms with van der Waals surface area (Å²) in [7, 11) is 0. The van der Waals surface area contributed by atoms with Crippen LogP contribution < -0.4 is 0 Å². The van der Waals surface area contributed by atoms with E-state index in [9.17, 15) is 5.11 Å². The van der Waals surface area contributed by atoms with Gasteiger partial charge in [-0.15, -0.1) is 0 Å². The molecule has 75 valence electrons. The van der Waals surface area contributed by atoms with Crippen molar-refractivity contribution in [3.8, 4) is 0 Å². The summed E-state index contributed by atoms with van der Waals surface area (Å²) >= 11 is 0. The zero-order valence-corrected chi connectivity index (χ0v) is 12.9. The van der Waals surface area contributed by atoms with E-state index in [1.807, 2.05) is 20.8 Å². The fraction of sp³-hybridized carbons (Fsp3) is 0.900. The molecule has 1 atom stereocenters. The molecule has 0 saturated heterocycles. The topological polar surface area (TPSA) is 32.6 Å². The van der Waals surface area contributed by atoms with Gasteiger partial charge in [0.1, 0.15) is 5.60 Å². The van der Waals surface area contributed by atoms with E-state index in [1.54, 1.807) is 0 Å². The van der Waals surface area contributed by atoms with Gasteiger partial charge in [0.15, 0.2) is 0 Å². The minimum absolute atomic E-state index is 0. The number of nitrogens with zero attached hydrogens (tertiary/aromatic N) is 1. The summed E-state index contributed by atoms with van der Waals surface area (Å²) in [6.45, 7) is 8.76. The zero-order valence-electron chi connectivity index (χ0n) is 9.30. The van der Waals surface area contributed by atoms with Crippen LogP contribution in [0.2, 0.25) is 0 Å². The largest absolute Gasteiger partial charge is 0.384 e. The zero-order chi connectivity index (χ0) is 9.61. The van der Waals surface area contributed by atoms with Gasteiger partial charge in [0.2, 0.25) is 0 Å². The van der Waals surface area contributed by atoms with Gasteiger partial charge in [-0.3, -0.25) is 4.99 Å². The Morgan fingerprint density at radius 3 is 2.15 bits per heavy atom. The fourth-order valence-corrected chi connectivity index (χ4v) is 1.41. The molecule has 0 aliphatic heterocycles. The molecule has 0 amide bonds. The summed E-state index contributed by atoms with van der Waals surface area (Å²) < 4.78 is 0. The quantitative estimate of drug-likeness (QED) is 0.777. The number of rotatable bonds is 5. The molecule has 0 spiro atoms. The van der Waals surface area contributed by atoms with E-state index in [-0.39, 0.29) is 35.6 Å². The predicted molar refractivity (Wildman–Crippen MR) is 53.8 cm³/mol. The molecule has 0 aromatic rings. The fourth-order valence-electron chi connectivity index (χ4n) is 1.41. The number of hydrogen-bond acceptors (Lipinski definition) is 2. The Labute approximate surface area is 110 Å². The molecule has 2 nitrogen and oxygen atoms in total. The van der Waals surface area contributed by atoms with Gasteiger partial charge >= 0.3 is 0 Å². The van der Waals surface area contributed by atoms with Gasteiger partial charge in [0.05, 0.1) is 0 Å². The third-order valence-corrected chi connectivity index (χ3v) is 2.32. The maximum atomic E-state index is 10.1. The molecule has 0 heterocycles. The van der Waals surface area contributed by atoms with Crippen molar-refractivity contribution in [1.82, 2.24) is 0 Å². The van der Waals surface area contributed by atoms with Crippen molar-refractivity contribution in [1.29, 1.82) is 0 Å². The van der Waals surface area contributed by atoms with Crippen LogP contribution in [0.15, 0.2) is 4.99 Å². The average Bonchev–Trinajstić information content (AvgIpc) is 2.05. The Hall–Kier alpha value is 0.825. The van der Waals surface area contributed by atoms with E-state index in [0.29, 0.717) is 0 Å². The summed E-state index contributed by atoms with van der Waals surface area (Å²) in [6, 6.07) is 0. The summed E-state index contributed by atoms with van der Waals surface area (Å²) in [5, 5.41) is 10.1. The Kier molecular flexibility index (Phi) is 10.2. The minimum Gasteiger partial charge on any atom is -0.384 e. The van der Waals surface area contributed by atoms with Gasteiger partial charge in [-0.25, -0.2) is 0 Å². The Morgan fingerprint density at radius 1 is 1.31 bits per heavy atom. The monoisotopic (exact) mass is 310 g/mol. The number of hydrogen-bond donors (Lipinski definition) is 1. The van der Waals surface area contributed by atoms with Crippen molar-refractivity contribution in [3.63, 3.8) is 0 Å². The standard InChI is InChI=1S/C10H21NO.La/c1-5-8-10(12,6-2)9(4)11-7-3;/h12H,5-8H2,1-4H3;. The van der Waals surface area contributed by atoms with Gasteiger partial charge in [-0.1, -0.05) is 20.3 Å². The van der Waals surface area contributed by atoms with Crippen molar-refractivity contribution in [3.05, 3.63) is 0 Å². The molecular formula is C10H21LaNO. The Bertz CT molecular complexity index is 159. The average molecular weight is 310 g/mol. The SMILES string of the molecule is CCCC(O)(CC)C(C)=NCC.[La]. The third-order valence-electron chi connectivity index (χ3n) is 2.32.